The van der Waals surface area contributed by atoms with Crippen molar-refractivity contribution in [3.8, 4) is 0 Å². The minimum absolute atomic E-state index is 0.193. The molecule has 2 atom stereocenters. The Kier molecular flexibility index (Phi) is 3.30. The van der Waals surface area contributed by atoms with Gasteiger partial charge in [-0.25, -0.2) is 0 Å². The monoisotopic (exact) mass is 278 g/mol. The minimum atomic E-state index is -0.394. The standard InChI is InChI=1S/C13H18N4OS/c1-15-10-6-16-9-3-5-19-13(9)12(10)17-4-2-11(18)8(14)7-17/h3,5-6,8,11,15,18H,2,4,7,14H2,1H3. The second-order valence-electron chi connectivity index (χ2n) is 4.87. The predicted molar refractivity (Wildman–Crippen MR) is 80.0 cm³/mol. The van der Waals surface area contributed by atoms with Crippen molar-refractivity contribution in [1.82, 2.24) is 4.98 Å². The van der Waals surface area contributed by atoms with E-state index < -0.39 is 6.10 Å². The number of rotatable bonds is 2. The van der Waals surface area contributed by atoms with E-state index in [4.69, 9.17) is 5.73 Å². The molecule has 0 radical (unpaired) electrons. The molecule has 0 amide bonds. The van der Waals surface area contributed by atoms with E-state index in [-0.39, 0.29) is 6.04 Å². The van der Waals surface area contributed by atoms with Crippen molar-refractivity contribution < 1.29 is 5.11 Å². The molecule has 0 aromatic carbocycles. The number of nitrogens with two attached hydrogens (primary N) is 1. The van der Waals surface area contributed by atoms with Crippen molar-refractivity contribution in [3.05, 3.63) is 17.6 Å². The Morgan fingerprint density at radius 1 is 1.58 bits per heavy atom. The molecule has 0 aliphatic carbocycles. The Morgan fingerprint density at radius 3 is 3.16 bits per heavy atom. The molecule has 2 aromatic rings. The molecule has 2 unspecified atom stereocenters. The third kappa shape index (κ3) is 2.16. The zero-order valence-corrected chi connectivity index (χ0v) is 11.7. The van der Waals surface area contributed by atoms with Crippen LogP contribution in [-0.4, -0.2) is 42.4 Å². The van der Waals surface area contributed by atoms with Crippen LogP contribution in [0.1, 0.15) is 6.42 Å². The van der Waals surface area contributed by atoms with Crippen molar-refractivity contribution in [2.24, 2.45) is 5.73 Å². The Morgan fingerprint density at radius 2 is 2.42 bits per heavy atom. The van der Waals surface area contributed by atoms with Crippen LogP contribution in [0.15, 0.2) is 17.6 Å². The molecular formula is C13H18N4OS. The maximum Gasteiger partial charge on any atom is 0.0832 e. The van der Waals surface area contributed by atoms with Gasteiger partial charge in [0.1, 0.15) is 0 Å². The number of thiophene rings is 1. The summed E-state index contributed by atoms with van der Waals surface area (Å²) in [5.41, 5.74) is 9.18. The van der Waals surface area contributed by atoms with Crippen molar-refractivity contribution >= 4 is 32.9 Å². The van der Waals surface area contributed by atoms with E-state index in [1.54, 1.807) is 11.3 Å². The van der Waals surface area contributed by atoms with E-state index in [0.717, 1.165) is 23.4 Å². The van der Waals surface area contributed by atoms with Gasteiger partial charge in [0.2, 0.25) is 0 Å². The highest BCUT2D eigenvalue weighted by atomic mass is 32.1. The van der Waals surface area contributed by atoms with Crippen LogP contribution in [0.4, 0.5) is 11.4 Å². The van der Waals surface area contributed by atoms with Gasteiger partial charge in [-0.1, -0.05) is 0 Å². The van der Waals surface area contributed by atoms with Gasteiger partial charge in [-0.2, -0.15) is 0 Å². The molecule has 19 heavy (non-hydrogen) atoms. The maximum atomic E-state index is 9.77. The van der Waals surface area contributed by atoms with E-state index in [9.17, 15) is 5.11 Å². The average Bonchev–Trinajstić information content (AvgIpc) is 2.89. The molecule has 3 rings (SSSR count). The lowest BCUT2D eigenvalue weighted by Gasteiger charge is -2.36. The molecule has 5 nitrogen and oxygen atoms in total. The summed E-state index contributed by atoms with van der Waals surface area (Å²) in [5.74, 6) is 0. The van der Waals surface area contributed by atoms with Crippen LogP contribution in [0.3, 0.4) is 0 Å². The predicted octanol–water partition coefficient (Wildman–Crippen LogP) is 1.24. The molecule has 0 bridgehead atoms. The van der Waals surface area contributed by atoms with Gasteiger partial charge >= 0.3 is 0 Å². The summed E-state index contributed by atoms with van der Waals surface area (Å²) in [6.07, 6.45) is 2.18. The molecule has 1 fully saturated rings. The second-order valence-corrected chi connectivity index (χ2v) is 5.79. The molecule has 0 spiro atoms. The Hall–Kier alpha value is -1.37. The first-order chi connectivity index (χ1) is 9.20. The summed E-state index contributed by atoms with van der Waals surface area (Å²) < 4.78 is 1.18. The normalized spacial score (nSPS) is 23.8. The molecule has 6 heteroatoms. The molecule has 102 valence electrons. The fourth-order valence-electron chi connectivity index (χ4n) is 2.57. The molecular weight excluding hydrogens is 260 g/mol. The number of pyridine rings is 1. The van der Waals surface area contributed by atoms with Crippen LogP contribution in [0, 0.1) is 0 Å². The molecule has 1 aliphatic rings. The lowest BCUT2D eigenvalue weighted by atomic mass is 10.0. The third-order valence-corrected chi connectivity index (χ3v) is 4.56. The quantitative estimate of drug-likeness (QED) is 0.770. The van der Waals surface area contributed by atoms with Gasteiger partial charge in [-0.3, -0.25) is 4.98 Å². The summed E-state index contributed by atoms with van der Waals surface area (Å²) in [4.78, 5) is 6.70. The average molecular weight is 278 g/mol. The molecule has 2 aromatic heterocycles. The molecule has 3 heterocycles. The Labute approximate surface area is 116 Å². The highest BCUT2D eigenvalue weighted by Gasteiger charge is 2.27. The number of hydrogen-bond acceptors (Lipinski definition) is 6. The van der Waals surface area contributed by atoms with Crippen LogP contribution in [0.2, 0.25) is 0 Å². The number of hydrogen-bond donors (Lipinski definition) is 3. The summed E-state index contributed by atoms with van der Waals surface area (Å²) in [5, 5.41) is 15.0. The number of aliphatic hydroxyl groups excluding tert-OH is 1. The summed E-state index contributed by atoms with van der Waals surface area (Å²) in [6, 6.07) is 1.84. The van der Waals surface area contributed by atoms with Gasteiger partial charge in [0.25, 0.3) is 0 Å². The second kappa shape index (κ2) is 4.96. The Balaban J connectivity index is 2.05. The van der Waals surface area contributed by atoms with E-state index in [2.05, 4.69) is 20.6 Å². The van der Waals surface area contributed by atoms with Gasteiger partial charge in [0, 0.05) is 26.2 Å². The molecule has 1 saturated heterocycles. The zero-order valence-electron chi connectivity index (χ0n) is 10.8. The number of piperidine rings is 1. The van der Waals surface area contributed by atoms with Gasteiger partial charge in [0.15, 0.2) is 0 Å². The smallest absolute Gasteiger partial charge is 0.0832 e. The number of aliphatic hydroxyl groups is 1. The van der Waals surface area contributed by atoms with E-state index in [1.807, 2.05) is 19.3 Å². The lowest BCUT2D eigenvalue weighted by molar-refractivity contribution is 0.125. The third-order valence-electron chi connectivity index (χ3n) is 3.65. The summed E-state index contributed by atoms with van der Waals surface area (Å²) in [6.45, 7) is 1.49. The number of nitrogens with one attached hydrogen (secondary N) is 1. The van der Waals surface area contributed by atoms with E-state index >= 15 is 0 Å². The SMILES string of the molecule is CNc1cnc2ccsc2c1N1CCC(O)C(N)C1. The zero-order chi connectivity index (χ0) is 13.4. The van der Waals surface area contributed by atoms with Gasteiger partial charge in [-0.05, 0) is 17.9 Å². The number of anilines is 2. The molecule has 4 N–H and O–H groups in total. The van der Waals surface area contributed by atoms with Gasteiger partial charge in [0.05, 0.1) is 33.9 Å². The molecule has 0 saturated carbocycles. The first kappa shape index (κ1) is 12.7. The van der Waals surface area contributed by atoms with Gasteiger partial charge < -0.3 is 21.1 Å². The van der Waals surface area contributed by atoms with Crippen molar-refractivity contribution in [3.63, 3.8) is 0 Å². The van der Waals surface area contributed by atoms with Crippen LogP contribution < -0.4 is 16.0 Å². The highest BCUT2D eigenvalue weighted by molar-refractivity contribution is 7.17. The van der Waals surface area contributed by atoms with Crippen LogP contribution >= 0.6 is 11.3 Å². The highest BCUT2D eigenvalue weighted by Crippen LogP contribution is 2.37. The van der Waals surface area contributed by atoms with Crippen molar-refractivity contribution in [2.75, 3.05) is 30.4 Å². The van der Waals surface area contributed by atoms with E-state index in [1.165, 1.54) is 4.70 Å². The van der Waals surface area contributed by atoms with Crippen molar-refractivity contribution in [1.29, 1.82) is 0 Å². The van der Waals surface area contributed by atoms with Crippen LogP contribution in [0.5, 0.6) is 0 Å². The molecule has 1 aliphatic heterocycles. The van der Waals surface area contributed by atoms with E-state index in [0.29, 0.717) is 13.0 Å². The van der Waals surface area contributed by atoms with Crippen molar-refractivity contribution in [2.45, 2.75) is 18.6 Å². The first-order valence-corrected chi connectivity index (χ1v) is 7.31. The number of aromatic nitrogens is 1. The van der Waals surface area contributed by atoms with Crippen LogP contribution in [-0.2, 0) is 0 Å². The number of fused-ring (bicyclic) bond motifs is 1. The first-order valence-electron chi connectivity index (χ1n) is 6.43. The van der Waals surface area contributed by atoms with Crippen LogP contribution in [0.25, 0.3) is 10.2 Å². The number of nitrogens with zero attached hydrogens (tertiary/aromatic N) is 2. The fraction of sp³-hybridized carbons (Fsp3) is 0.462. The largest absolute Gasteiger partial charge is 0.391 e. The minimum Gasteiger partial charge on any atom is -0.391 e. The lowest BCUT2D eigenvalue weighted by Crippen LogP contribution is -2.51. The fourth-order valence-corrected chi connectivity index (χ4v) is 3.49. The maximum absolute atomic E-state index is 9.77. The summed E-state index contributed by atoms with van der Waals surface area (Å²) in [7, 11) is 1.90. The summed E-state index contributed by atoms with van der Waals surface area (Å²) >= 11 is 1.69. The van der Waals surface area contributed by atoms with Gasteiger partial charge in [-0.15, -0.1) is 11.3 Å². The topological polar surface area (TPSA) is 74.4 Å². The Bertz CT molecular complexity index is 585.